The molecule has 0 rings (SSSR count). The second-order valence-corrected chi connectivity index (χ2v) is 6.34. The zero-order valence-electron chi connectivity index (χ0n) is 16.2. The monoisotopic (exact) mass is 434 g/mol. The molecule has 14 nitrogen and oxygen atoms in total. The van der Waals surface area contributed by atoms with Crippen LogP contribution in [0.4, 0.5) is 0 Å². The van der Waals surface area contributed by atoms with E-state index in [0.29, 0.717) is 0 Å². The molecule has 4 atom stereocenters. The smallest absolute Gasteiger partial charge is 0.326 e. The summed E-state index contributed by atoms with van der Waals surface area (Å²) in [5.41, 5.74) is 5.33. The molecule has 0 aromatic rings. The van der Waals surface area contributed by atoms with Crippen molar-refractivity contribution >= 4 is 35.6 Å². The third-order valence-corrected chi connectivity index (χ3v) is 3.83. The van der Waals surface area contributed by atoms with Crippen molar-refractivity contribution in [3.63, 3.8) is 0 Å². The number of nitrogens with one attached hydrogen (secondary N) is 3. The molecule has 0 aliphatic rings. The van der Waals surface area contributed by atoms with Crippen molar-refractivity contribution in [3.8, 4) is 0 Å². The molecule has 170 valence electrons. The van der Waals surface area contributed by atoms with Gasteiger partial charge in [0.1, 0.15) is 24.2 Å². The molecule has 0 bridgehead atoms. The van der Waals surface area contributed by atoms with Crippen LogP contribution in [-0.4, -0.2) is 86.8 Å². The Kier molecular flexibility index (Phi) is 11.6. The van der Waals surface area contributed by atoms with Crippen LogP contribution < -0.4 is 21.7 Å². The second-order valence-electron chi connectivity index (χ2n) is 6.34. The number of amides is 3. The normalized spacial score (nSPS) is 14.5. The van der Waals surface area contributed by atoms with E-state index in [-0.39, 0.29) is 12.8 Å². The topological polar surface area (TPSA) is 245 Å². The summed E-state index contributed by atoms with van der Waals surface area (Å²) in [4.78, 5) is 68.7. The van der Waals surface area contributed by atoms with E-state index in [0.717, 1.165) is 0 Å². The fraction of sp³-hybridized carbons (Fsp3) is 0.625. The maximum absolute atomic E-state index is 12.4. The molecular weight excluding hydrogens is 408 g/mol. The van der Waals surface area contributed by atoms with Crippen molar-refractivity contribution in [2.75, 3.05) is 6.61 Å². The standard InChI is InChI=1S/C16H26N4O10/c1-7(13(26)20-10(16(29)30)3-5-12(24)25)18-15(28)9(2-4-11(22)23)19-14(27)8(17)6-21/h7-10,21H,2-6,17H2,1H3,(H,18,28)(H,19,27)(H,20,26)(H,22,23)(H,24,25)(H,29,30)/t7-,8-,9-,10-/m0/s1. The van der Waals surface area contributed by atoms with Gasteiger partial charge in [-0.2, -0.15) is 0 Å². The van der Waals surface area contributed by atoms with Crippen molar-refractivity contribution in [2.24, 2.45) is 5.73 Å². The lowest BCUT2D eigenvalue weighted by atomic mass is 10.1. The summed E-state index contributed by atoms with van der Waals surface area (Å²) >= 11 is 0. The van der Waals surface area contributed by atoms with Gasteiger partial charge in [0.15, 0.2) is 0 Å². The Morgan fingerprint density at radius 1 is 0.767 bits per heavy atom. The lowest BCUT2D eigenvalue weighted by Gasteiger charge is -2.23. The summed E-state index contributed by atoms with van der Waals surface area (Å²) < 4.78 is 0. The average Bonchev–Trinajstić information content (AvgIpc) is 2.66. The van der Waals surface area contributed by atoms with Gasteiger partial charge in [0, 0.05) is 12.8 Å². The van der Waals surface area contributed by atoms with E-state index in [2.05, 4.69) is 16.0 Å². The van der Waals surface area contributed by atoms with E-state index < -0.39 is 79.2 Å². The van der Waals surface area contributed by atoms with Crippen LogP contribution in [0.2, 0.25) is 0 Å². The van der Waals surface area contributed by atoms with Crippen LogP contribution in [0, 0.1) is 0 Å². The molecule has 0 aromatic carbocycles. The van der Waals surface area contributed by atoms with Crippen molar-refractivity contribution in [1.82, 2.24) is 16.0 Å². The largest absolute Gasteiger partial charge is 0.481 e. The number of nitrogens with two attached hydrogens (primary N) is 1. The second kappa shape index (κ2) is 13.1. The first-order chi connectivity index (χ1) is 13.9. The Morgan fingerprint density at radius 3 is 1.67 bits per heavy atom. The zero-order valence-corrected chi connectivity index (χ0v) is 16.2. The average molecular weight is 434 g/mol. The lowest BCUT2D eigenvalue weighted by Crippen LogP contribution is -2.56. The predicted molar refractivity (Wildman–Crippen MR) is 97.9 cm³/mol. The van der Waals surface area contributed by atoms with E-state index in [1.807, 2.05) is 0 Å². The molecule has 0 radical (unpaired) electrons. The molecule has 9 N–H and O–H groups in total. The molecule has 0 aliphatic carbocycles. The van der Waals surface area contributed by atoms with Gasteiger partial charge in [-0.05, 0) is 19.8 Å². The van der Waals surface area contributed by atoms with Crippen LogP contribution in [-0.2, 0) is 28.8 Å². The summed E-state index contributed by atoms with van der Waals surface area (Å²) in [5, 5.41) is 41.8. The number of aliphatic carboxylic acids is 3. The molecule has 30 heavy (non-hydrogen) atoms. The van der Waals surface area contributed by atoms with Gasteiger partial charge in [-0.3, -0.25) is 24.0 Å². The Balaban J connectivity index is 5.05. The van der Waals surface area contributed by atoms with Gasteiger partial charge in [-0.15, -0.1) is 0 Å². The highest BCUT2D eigenvalue weighted by atomic mass is 16.4. The maximum atomic E-state index is 12.4. The number of hydrogen-bond donors (Lipinski definition) is 8. The zero-order chi connectivity index (χ0) is 23.4. The summed E-state index contributed by atoms with van der Waals surface area (Å²) in [5.74, 6) is -6.75. The number of aliphatic hydroxyl groups is 1. The number of carbonyl (C=O) groups excluding carboxylic acids is 3. The molecule has 0 spiro atoms. The number of carboxylic acids is 3. The molecular formula is C16H26N4O10. The van der Waals surface area contributed by atoms with Gasteiger partial charge >= 0.3 is 17.9 Å². The maximum Gasteiger partial charge on any atom is 0.326 e. The molecule has 0 heterocycles. The Labute approximate surface area is 170 Å². The quantitative estimate of drug-likeness (QED) is 0.134. The molecule has 0 saturated heterocycles. The van der Waals surface area contributed by atoms with Crippen LogP contribution >= 0.6 is 0 Å². The van der Waals surface area contributed by atoms with Gasteiger partial charge in [0.05, 0.1) is 6.61 Å². The van der Waals surface area contributed by atoms with Crippen molar-refractivity contribution in [1.29, 1.82) is 0 Å². The van der Waals surface area contributed by atoms with Gasteiger partial charge < -0.3 is 42.1 Å². The molecule has 0 unspecified atom stereocenters. The fourth-order valence-corrected chi connectivity index (χ4v) is 2.10. The van der Waals surface area contributed by atoms with Crippen molar-refractivity contribution in [2.45, 2.75) is 56.8 Å². The van der Waals surface area contributed by atoms with Crippen molar-refractivity contribution < 1.29 is 49.2 Å². The van der Waals surface area contributed by atoms with Crippen LogP contribution in [0.1, 0.15) is 32.6 Å². The number of hydrogen-bond acceptors (Lipinski definition) is 8. The van der Waals surface area contributed by atoms with E-state index in [4.69, 9.17) is 26.2 Å². The van der Waals surface area contributed by atoms with E-state index in [1.54, 1.807) is 0 Å². The van der Waals surface area contributed by atoms with Crippen molar-refractivity contribution in [3.05, 3.63) is 0 Å². The van der Waals surface area contributed by atoms with E-state index in [1.165, 1.54) is 6.92 Å². The van der Waals surface area contributed by atoms with Gasteiger partial charge in [0.2, 0.25) is 17.7 Å². The van der Waals surface area contributed by atoms with Crippen LogP contribution in [0.25, 0.3) is 0 Å². The highest BCUT2D eigenvalue weighted by molar-refractivity contribution is 5.94. The molecule has 3 amide bonds. The summed E-state index contributed by atoms with van der Waals surface area (Å²) in [6.07, 6.45) is -1.72. The fourth-order valence-electron chi connectivity index (χ4n) is 2.10. The van der Waals surface area contributed by atoms with Crippen LogP contribution in [0.15, 0.2) is 0 Å². The van der Waals surface area contributed by atoms with Gasteiger partial charge in [0.25, 0.3) is 0 Å². The Hall–Kier alpha value is -3.26. The molecule has 14 heteroatoms. The molecule has 0 aromatic heterocycles. The number of carboxylic acid groups (broad SMARTS) is 3. The molecule has 0 aliphatic heterocycles. The molecule has 0 fully saturated rings. The first kappa shape index (κ1) is 26.7. The SMILES string of the molecule is C[C@H](NC(=O)[C@H](CCC(=O)O)NC(=O)[C@@H](N)CO)C(=O)N[C@@H](CCC(=O)O)C(=O)O. The first-order valence-electron chi connectivity index (χ1n) is 8.83. The number of aliphatic hydroxyl groups excluding tert-OH is 1. The van der Waals surface area contributed by atoms with Crippen LogP contribution in [0.5, 0.6) is 0 Å². The summed E-state index contributed by atoms with van der Waals surface area (Å²) in [6.45, 7) is 0.490. The predicted octanol–water partition coefficient (Wildman–Crippen LogP) is -3.41. The minimum Gasteiger partial charge on any atom is -0.481 e. The minimum absolute atomic E-state index is 0.338. The highest BCUT2D eigenvalue weighted by Crippen LogP contribution is 2.02. The van der Waals surface area contributed by atoms with Crippen LogP contribution in [0.3, 0.4) is 0 Å². The van der Waals surface area contributed by atoms with E-state index in [9.17, 15) is 28.8 Å². The first-order valence-corrected chi connectivity index (χ1v) is 8.83. The Morgan fingerprint density at radius 2 is 1.23 bits per heavy atom. The van der Waals surface area contributed by atoms with Gasteiger partial charge in [-0.1, -0.05) is 0 Å². The number of carbonyl (C=O) groups is 6. The third-order valence-electron chi connectivity index (χ3n) is 3.83. The van der Waals surface area contributed by atoms with Gasteiger partial charge in [-0.25, -0.2) is 4.79 Å². The minimum atomic E-state index is -1.50. The Bertz CT molecular complexity index is 668. The number of rotatable bonds is 14. The summed E-state index contributed by atoms with van der Waals surface area (Å²) in [7, 11) is 0. The summed E-state index contributed by atoms with van der Waals surface area (Å²) in [6, 6.07) is -5.53. The third kappa shape index (κ3) is 10.3. The van der Waals surface area contributed by atoms with E-state index >= 15 is 0 Å². The highest BCUT2D eigenvalue weighted by Gasteiger charge is 2.28. The molecule has 0 saturated carbocycles. The lowest BCUT2D eigenvalue weighted by molar-refractivity contribution is -0.143.